The second-order valence-corrected chi connectivity index (χ2v) is 8.94. The Bertz CT molecular complexity index is 1250. The molecule has 5 rings (SSSR count). The van der Waals surface area contributed by atoms with Crippen LogP contribution in [0, 0.1) is 0 Å². The molecule has 0 aliphatic carbocycles. The molecule has 0 spiro atoms. The molecule has 140 valence electrons. The molecule has 1 aliphatic heterocycles. The molecule has 2 heterocycles. The van der Waals surface area contributed by atoms with Gasteiger partial charge in [-0.1, -0.05) is 66.7 Å². The van der Waals surface area contributed by atoms with Gasteiger partial charge in [-0.3, -0.25) is 4.90 Å². The highest BCUT2D eigenvalue weighted by molar-refractivity contribution is 7.90. The summed E-state index contributed by atoms with van der Waals surface area (Å²) in [5, 5.41) is 1.02. The average molecular weight is 388 g/mol. The quantitative estimate of drug-likeness (QED) is 0.521. The molecule has 0 bridgehead atoms. The molecular weight excluding hydrogens is 368 g/mol. The number of rotatable bonds is 4. The molecule has 0 fully saturated rings. The van der Waals surface area contributed by atoms with Crippen molar-refractivity contribution in [2.75, 3.05) is 0 Å². The predicted molar refractivity (Wildman–Crippen MR) is 110 cm³/mol. The third kappa shape index (κ3) is 2.75. The number of aromatic nitrogens is 1. The van der Waals surface area contributed by atoms with Crippen molar-refractivity contribution in [3.8, 4) is 0 Å². The van der Waals surface area contributed by atoms with E-state index in [9.17, 15) is 8.42 Å². The zero-order valence-electron chi connectivity index (χ0n) is 15.3. The number of benzene rings is 3. The second-order valence-electron chi connectivity index (χ2n) is 7.16. The molecule has 5 heteroatoms. The molecule has 0 N–H and O–H groups in total. The average Bonchev–Trinajstić information content (AvgIpc) is 3.25. The lowest BCUT2D eigenvalue weighted by Gasteiger charge is -2.17. The van der Waals surface area contributed by atoms with Gasteiger partial charge in [0.1, 0.15) is 0 Å². The van der Waals surface area contributed by atoms with Crippen LogP contribution in [0.3, 0.4) is 0 Å². The van der Waals surface area contributed by atoms with Crippen molar-refractivity contribution >= 4 is 20.9 Å². The van der Waals surface area contributed by atoms with E-state index in [0.29, 0.717) is 11.4 Å². The van der Waals surface area contributed by atoms with Gasteiger partial charge in [0, 0.05) is 25.0 Å². The molecule has 0 saturated heterocycles. The smallest absolute Gasteiger partial charge is 0.268 e. The fourth-order valence-electron chi connectivity index (χ4n) is 4.08. The Kier molecular flexibility index (Phi) is 4.07. The van der Waals surface area contributed by atoms with Crippen LogP contribution < -0.4 is 0 Å². The van der Waals surface area contributed by atoms with Crippen molar-refractivity contribution in [1.29, 1.82) is 0 Å². The maximum atomic E-state index is 13.5. The third-order valence-electron chi connectivity index (χ3n) is 5.33. The monoisotopic (exact) mass is 388 g/mol. The number of fused-ring (bicyclic) bond motifs is 3. The lowest BCUT2D eigenvalue weighted by Crippen LogP contribution is -2.20. The molecule has 0 saturated carbocycles. The first-order chi connectivity index (χ1) is 13.6. The predicted octanol–water partition coefficient (Wildman–Crippen LogP) is 4.39. The summed E-state index contributed by atoms with van der Waals surface area (Å²) >= 11 is 0. The van der Waals surface area contributed by atoms with Crippen LogP contribution in [0.5, 0.6) is 0 Å². The van der Waals surface area contributed by atoms with Crippen LogP contribution in [-0.2, 0) is 29.7 Å². The molecule has 28 heavy (non-hydrogen) atoms. The minimum absolute atomic E-state index is 0.320. The van der Waals surface area contributed by atoms with Gasteiger partial charge in [0.2, 0.25) is 0 Å². The van der Waals surface area contributed by atoms with Gasteiger partial charge in [0.25, 0.3) is 10.0 Å². The minimum atomic E-state index is -3.65. The third-order valence-corrected chi connectivity index (χ3v) is 7.09. The number of para-hydroxylation sites is 1. The topological polar surface area (TPSA) is 42.3 Å². The SMILES string of the molecule is O=S(=O)(c1ccccc1)n1c2c(c3ccccc31)CN(Cc1ccccc1)C2. The lowest BCUT2D eigenvalue weighted by atomic mass is 10.1. The summed E-state index contributed by atoms with van der Waals surface area (Å²) in [5.41, 5.74) is 3.98. The number of hydrogen-bond acceptors (Lipinski definition) is 3. The van der Waals surface area contributed by atoms with Crippen LogP contribution in [0.1, 0.15) is 16.8 Å². The van der Waals surface area contributed by atoms with Gasteiger partial charge in [-0.2, -0.15) is 0 Å². The van der Waals surface area contributed by atoms with Crippen LogP contribution in [0.25, 0.3) is 10.9 Å². The first-order valence-electron chi connectivity index (χ1n) is 9.33. The van der Waals surface area contributed by atoms with Crippen molar-refractivity contribution in [3.63, 3.8) is 0 Å². The van der Waals surface area contributed by atoms with E-state index < -0.39 is 10.0 Å². The van der Waals surface area contributed by atoms with E-state index in [1.165, 1.54) is 5.56 Å². The Hall–Kier alpha value is -2.89. The van der Waals surface area contributed by atoms with Crippen LogP contribution in [0.4, 0.5) is 0 Å². The summed E-state index contributed by atoms with van der Waals surface area (Å²) in [6.45, 7) is 2.17. The molecule has 0 radical (unpaired) electrons. The second kappa shape index (κ2) is 6.62. The normalized spacial score (nSPS) is 14.4. The zero-order chi connectivity index (χ0) is 19.1. The number of hydrogen-bond donors (Lipinski definition) is 0. The highest BCUT2D eigenvalue weighted by Crippen LogP contribution is 2.36. The van der Waals surface area contributed by atoms with Crippen LogP contribution in [0.2, 0.25) is 0 Å². The van der Waals surface area contributed by atoms with E-state index in [4.69, 9.17) is 0 Å². The molecule has 1 aliphatic rings. The van der Waals surface area contributed by atoms with Crippen LogP contribution >= 0.6 is 0 Å². The fraction of sp³-hybridized carbons (Fsp3) is 0.130. The summed E-state index contributed by atoms with van der Waals surface area (Å²) in [5.74, 6) is 0. The van der Waals surface area contributed by atoms with Crippen molar-refractivity contribution < 1.29 is 8.42 Å². The first-order valence-corrected chi connectivity index (χ1v) is 10.8. The highest BCUT2D eigenvalue weighted by atomic mass is 32.2. The van der Waals surface area contributed by atoms with Gasteiger partial charge in [-0.05, 0) is 29.3 Å². The van der Waals surface area contributed by atoms with Gasteiger partial charge >= 0.3 is 0 Å². The fourth-order valence-corrected chi connectivity index (χ4v) is 5.67. The van der Waals surface area contributed by atoms with E-state index in [0.717, 1.165) is 35.2 Å². The zero-order valence-corrected chi connectivity index (χ0v) is 16.1. The Morgan fingerprint density at radius 1 is 0.750 bits per heavy atom. The van der Waals surface area contributed by atoms with E-state index in [1.807, 2.05) is 48.5 Å². The molecule has 0 amide bonds. The molecule has 4 nitrogen and oxygen atoms in total. The van der Waals surface area contributed by atoms with E-state index in [-0.39, 0.29) is 0 Å². The van der Waals surface area contributed by atoms with Gasteiger partial charge in [-0.15, -0.1) is 0 Å². The Labute approximate surface area is 164 Å². The minimum Gasteiger partial charge on any atom is -0.289 e. The molecule has 0 unspecified atom stereocenters. The molecule has 4 aromatic rings. The van der Waals surface area contributed by atoms with Crippen molar-refractivity contribution in [2.24, 2.45) is 0 Å². The van der Waals surface area contributed by atoms with Crippen LogP contribution in [-0.4, -0.2) is 17.3 Å². The number of nitrogens with zero attached hydrogens (tertiary/aromatic N) is 2. The van der Waals surface area contributed by atoms with Crippen molar-refractivity contribution in [3.05, 3.63) is 102 Å². The summed E-state index contributed by atoms with van der Waals surface area (Å²) in [6.07, 6.45) is 0. The maximum Gasteiger partial charge on any atom is 0.268 e. The molecule has 3 aromatic carbocycles. The molecular formula is C23H20N2O2S. The molecule has 0 atom stereocenters. The van der Waals surface area contributed by atoms with E-state index in [2.05, 4.69) is 17.0 Å². The van der Waals surface area contributed by atoms with Gasteiger partial charge in [0.15, 0.2) is 0 Å². The maximum absolute atomic E-state index is 13.5. The standard InChI is InChI=1S/C23H20N2O2S/c26-28(27,19-11-5-2-6-12-19)25-22-14-8-7-13-20(22)21-16-24(17-23(21)25)15-18-9-3-1-4-10-18/h1-14H,15-17H2. The summed E-state index contributed by atoms with van der Waals surface area (Å²) < 4.78 is 28.5. The van der Waals surface area contributed by atoms with Crippen molar-refractivity contribution in [1.82, 2.24) is 8.87 Å². The summed E-state index contributed by atoms with van der Waals surface area (Å²) in [6, 6.07) is 26.8. The largest absolute Gasteiger partial charge is 0.289 e. The molecule has 1 aromatic heterocycles. The van der Waals surface area contributed by atoms with Crippen LogP contribution in [0.15, 0.2) is 89.8 Å². The Balaban J connectivity index is 1.62. The first kappa shape index (κ1) is 17.2. The van der Waals surface area contributed by atoms with Gasteiger partial charge < -0.3 is 0 Å². The Morgan fingerprint density at radius 2 is 1.39 bits per heavy atom. The van der Waals surface area contributed by atoms with E-state index >= 15 is 0 Å². The van der Waals surface area contributed by atoms with Gasteiger partial charge in [0.05, 0.1) is 16.1 Å². The Morgan fingerprint density at radius 3 is 2.14 bits per heavy atom. The summed E-state index contributed by atoms with van der Waals surface area (Å²) in [4.78, 5) is 2.61. The van der Waals surface area contributed by atoms with Gasteiger partial charge in [-0.25, -0.2) is 12.4 Å². The highest BCUT2D eigenvalue weighted by Gasteiger charge is 2.32. The van der Waals surface area contributed by atoms with Crippen molar-refractivity contribution in [2.45, 2.75) is 24.5 Å². The summed E-state index contributed by atoms with van der Waals surface area (Å²) in [7, 11) is -3.65. The lowest BCUT2D eigenvalue weighted by molar-refractivity contribution is 0.273. The van der Waals surface area contributed by atoms with E-state index in [1.54, 1.807) is 28.2 Å².